The summed E-state index contributed by atoms with van der Waals surface area (Å²) in [5, 5.41) is 5.93. The lowest BCUT2D eigenvalue weighted by Gasteiger charge is -2.11. The third-order valence-electron chi connectivity index (χ3n) is 5.52. The van der Waals surface area contributed by atoms with Gasteiger partial charge in [0.05, 0.1) is 0 Å². The van der Waals surface area contributed by atoms with Crippen molar-refractivity contribution in [3.05, 3.63) is 114 Å². The predicted octanol–water partition coefficient (Wildman–Crippen LogP) is 6.51. The summed E-state index contributed by atoms with van der Waals surface area (Å²) in [6.45, 7) is 2.45. The molecule has 178 valence electrons. The van der Waals surface area contributed by atoms with E-state index in [0.717, 1.165) is 11.1 Å². The number of thiocarbonyl (C=S) groups is 1. The Balaban J connectivity index is 1.22. The second-order valence-corrected chi connectivity index (χ2v) is 8.69. The Morgan fingerprint density at radius 3 is 2.56 bits per heavy atom. The molecule has 5 rings (SSSR count). The summed E-state index contributed by atoms with van der Waals surface area (Å²) >= 11 is 5.36. The lowest BCUT2D eigenvalue weighted by molar-refractivity contribution is 0.0977. The second kappa shape index (κ2) is 10.4. The first-order valence-electron chi connectivity index (χ1n) is 11.4. The van der Waals surface area contributed by atoms with Crippen LogP contribution in [0, 0.1) is 6.92 Å². The molecular formula is C29H23N3O3S. The predicted molar refractivity (Wildman–Crippen MR) is 145 cm³/mol. The van der Waals surface area contributed by atoms with Gasteiger partial charge in [-0.2, -0.15) is 0 Å². The van der Waals surface area contributed by atoms with Crippen LogP contribution in [0.1, 0.15) is 21.5 Å². The third-order valence-corrected chi connectivity index (χ3v) is 5.72. The number of ether oxygens (including phenoxy) is 1. The number of benzene rings is 4. The Hall–Kier alpha value is -4.49. The second-order valence-electron chi connectivity index (χ2n) is 8.28. The molecule has 0 aliphatic rings. The Morgan fingerprint density at radius 2 is 1.75 bits per heavy atom. The molecule has 7 heteroatoms. The van der Waals surface area contributed by atoms with Gasteiger partial charge in [-0.05, 0) is 73.2 Å². The van der Waals surface area contributed by atoms with Gasteiger partial charge in [0.1, 0.15) is 17.9 Å². The summed E-state index contributed by atoms with van der Waals surface area (Å²) in [6.07, 6.45) is 0. The number of aromatic nitrogens is 1. The summed E-state index contributed by atoms with van der Waals surface area (Å²) < 4.78 is 11.7. The van der Waals surface area contributed by atoms with Crippen molar-refractivity contribution < 1.29 is 13.9 Å². The molecule has 1 heterocycles. The van der Waals surface area contributed by atoms with Gasteiger partial charge >= 0.3 is 0 Å². The van der Waals surface area contributed by atoms with Crippen molar-refractivity contribution in [2.24, 2.45) is 0 Å². The quantitative estimate of drug-likeness (QED) is 0.263. The van der Waals surface area contributed by atoms with Crippen molar-refractivity contribution in [3.63, 3.8) is 0 Å². The fourth-order valence-electron chi connectivity index (χ4n) is 3.63. The van der Waals surface area contributed by atoms with Crippen LogP contribution in [0.5, 0.6) is 5.75 Å². The molecular weight excluding hydrogens is 470 g/mol. The van der Waals surface area contributed by atoms with Crippen molar-refractivity contribution in [2.45, 2.75) is 13.5 Å². The van der Waals surface area contributed by atoms with E-state index in [1.54, 1.807) is 18.2 Å². The van der Waals surface area contributed by atoms with E-state index in [9.17, 15) is 4.79 Å². The zero-order valence-electron chi connectivity index (χ0n) is 19.5. The van der Waals surface area contributed by atoms with Crippen LogP contribution in [0.4, 0.5) is 5.69 Å². The minimum atomic E-state index is -0.332. The number of hydrogen-bond acceptors (Lipinski definition) is 5. The molecule has 1 amide bonds. The molecule has 0 unspecified atom stereocenters. The van der Waals surface area contributed by atoms with Crippen LogP contribution in [0.2, 0.25) is 0 Å². The minimum absolute atomic E-state index is 0.178. The van der Waals surface area contributed by atoms with E-state index in [1.807, 2.05) is 85.8 Å². The molecule has 0 spiro atoms. The van der Waals surface area contributed by atoms with E-state index in [0.29, 0.717) is 40.6 Å². The molecule has 2 N–H and O–H groups in total. The van der Waals surface area contributed by atoms with E-state index in [1.165, 1.54) is 5.56 Å². The monoisotopic (exact) mass is 493 g/mol. The molecule has 1 aromatic heterocycles. The minimum Gasteiger partial charge on any atom is -0.489 e. The lowest BCUT2D eigenvalue weighted by atomic mass is 10.1. The number of nitrogens with zero attached hydrogens (tertiary/aromatic N) is 1. The molecule has 0 radical (unpaired) electrons. The molecule has 0 atom stereocenters. The molecule has 0 bridgehead atoms. The topological polar surface area (TPSA) is 76.4 Å². The molecule has 0 fully saturated rings. The fraction of sp³-hybridized carbons (Fsp3) is 0.0690. The number of carbonyl (C=O) groups excluding carboxylic acids is 1. The smallest absolute Gasteiger partial charge is 0.257 e. The van der Waals surface area contributed by atoms with Gasteiger partial charge in [0.2, 0.25) is 5.89 Å². The number of hydrogen-bond donors (Lipinski definition) is 2. The number of aryl methyl sites for hydroxylation is 1. The number of nitrogens with one attached hydrogen (secondary N) is 2. The van der Waals surface area contributed by atoms with Gasteiger partial charge in [-0.25, -0.2) is 4.98 Å². The maximum atomic E-state index is 12.7. The fourth-order valence-corrected chi connectivity index (χ4v) is 3.84. The Kier molecular flexibility index (Phi) is 6.73. The van der Waals surface area contributed by atoms with Crippen LogP contribution in [-0.2, 0) is 6.61 Å². The summed E-state index contributed by atoms with van der Waals surface area (Å²) in [7, 11) is 0. The molecule has 0 aliphatic carbocycles. The standard InChI is InChI=1S/C29H23N3O3S/c1-19-10-12-21(13-11-19)28-31-25-17-23(14-15-26(25)35-28)30-29(36)32-27(33)22-8-5-9-24(16-22)34-18-20-6-3-2-4-7-20/h2-17H,18H2,1H3,(H2,30,32,33,36). The maximum Gasteiger partial charge on any atom is 0.257 e. The van der Waals surface area contributed by atoms with Gasteiger partial charge in [-0.3, -0.25) is 10.1 Å². The molecule has 0 aliphatic heterocycles. The van der Waals surface area contributed by atoms with E-state index < -0.39 is 0 Å². The lowest BCUT2D eigenvalue weighted by Crippen LogP contribution is -2.34. The van der Waals surface area contributed by atoms with Crippen LogP contribution in [0.15, 0.2) is 101 Å². The third kappa shape index (κ3) is 5.59. The van der Waals surface area contributed by atoms with Crippen molar-refractivity contribution in [1.82, 2.24) is 10.3 Å². The van der Waals surface area contributed by atoms with Crippen LogP contribution in [0.3, 0.4) is 0 Å². The van der Waals surface area contributed by atoms with E-state index in [-0.39, 0.29) is 11.0 Å². The van der Waals surface area contributed by atoms with Gasteiger partial charge in [0, 0.05) is 16.8 Å². The van der Waals surface area contributed by atoms with Crippen LogP contribution < -0.4 is 15.4 Å². The average molecular weight is 494 g/mol. The van der Waals surface area contributed by atoms with Crippen molar-refractivity contribution in [2.75, 3.05) is 5.32 Å². The van der Waals surface area contributed by atoms with Crippen LogP contribution >= 0.6 is 12.2 Å². The summed E-state index contributed by atoms with van der Waals surface area (Å²) in [5.41, 5.74) is 5.61. The van der Waals surface area contributed by atoms with Gasteiger partial charge < -0.3 is 14.5 Å². The molecule has 0 saturated heterocycles. The normalized spacial score (nSPS) is 10.7. The Labute approximate surface area is 213 Å². The first-order chi connectivity index (χ1) is 17.5. The van der Waals surface area contributed by atoms with Crippen LogP contribution in [0.25, 0.3) is 22.6 Å². The molecule has 36 heavy (non-hydrogen) atoms. The van der Waals surface area contributed by atoms with Crippen molar-refractivity contribution in [1.29, 1.82) is 0 Å². The molecule has 4 aromatic carbocycles. The number of carbonyl (C=O) groups is 1. The first-order valence-corrected chi connectivity index (χ1v) is 11.8. The van der Waals surface area contributed by atoms with E-state index in [4.69, 9.17) is 21.4 Å². The highest BCUT2D eigenvalue weighted by Gasteiger charge is 2.12. The zero-order valence-corrected chi connectivity index (χ0v) is 20.3. The van der Waals surface area contributed by atoms with E-state index in [2.05, 4.69) is 15.6 Å². The maximum absolute atomic E-state index is 12.7. The molecule has 5 aromatic rings. The summed E-state index contributed by atoms with van der Waals surface area (Å²) in [6, 6.07) is 30.3. The largest absolute Gasteiger partial charge is 0.489 e. The van der Waals surface area contributed by atoms with Gasteiger partial charge in [0.15, 0.2) is 10.7 Å². The zero-order chi connectivity index (χ0) is 24.9. The highest BCUT2D eigenvalue weighted by Crippen LogP contribution is 2.26. The van der Waals surface area contributed by atoms with Crippen molar-refractivity contribution in [3.8, 4) is 17.2 Å². The number of amides is 1. The number of fused-ring (bicyclic) bond motifs is 1. The molecule has 0 saturated carbocycles. The Bertz CT molecular complexity index is 1530. The van der Waals surface area contributed by atoms with Gasteiger partial charge in [-0.1, -0.05) is 54.1 Å². The molecule has 6 nitrogen and oxygen atoms in total. The number of rotatable bonds is 6. The van der Waals surface area contributed by atoms with Gasteiger partial charge in [-0.15, -0.1) is 0 Å². The highest BCUT2D eigenvalue weighted by atomic mass is 32.1. The first kappa shape index (κ1) is 23.3. The SMILES string of the molecule is Cc1ccc(-c2nc3cc(NC(=S)NC(=O)c4cccc(OCc5ccccc5)c4)ccc3o2)cc1. The van der Waals surface area contributed by atoms with E-state index >= 15 is 0 Å². The summed E-state index contributed by atoms with van der Waals surface area (Å²) in [5.74, 6) is 0.820. The number of oxazole rings is 1. The van der Waals surface area contributed by atoms with Crippen LogP contribution in [-0.4, -0.2) is 16.0 Å². The number of anilines is 1. The average Bonchev–Trinajstić information content (AvgIpc) is 3.32. The highest BCUT2D eigenvalue weighted by molar-refractivity contribution is 7.80. The Morgan fingerprint density at radius 1 is 0.944 bits per heavy atom. The van der Waals surface area contributed by atoms with Gasteiger partial charge in [0.25, 0.3) is 5.91 Å². The van der Waals surface area contributed by atoms with Crippen molar-refractivity contribution >= 4 is 40.0 Å². The summed E-state index contributed by atoms with van der Waals surface area (Å²) in [4.78, 5) is 17.3.